The molecule has 0 bridgehead atoms. The van der Waals surface area contributed by atoms with Gasteiger partial charge in [-0.3, -0.25) is 0 Å². The fraction of sp³-hybridized carbons (Fsp3) is 0.200. The lowest BCUT2D eigenvalue weighted by molar-refractivity contribution is 0.626. The monoisotopic (exact) mass is 367 g/mol. The minimum atomic E-state index is -0.297. The summed E-state index contributed by atoms with van der Waals surface area (Å²) in [6, 6.07) is 4.68. The van der Waals surface area contributed by atoms with Gasteiger partial charge in [0.05, 0.1) is 16.4 Å². The summed E-state index contributed by atoms with van der Waals surface area (Å²) < 4.78 is 15.9. The summed E-state index contributed by atoms with van der Waals surface area (Å²) in [6.07, 6.45) is 5.24. The molecule has 0 radical (unpaired) electrons. The largest absolute Gasteiger partial charge is 0.303 e. The third kappa shape index (κ3) is 2.68. The quantitative estimate of drug-likeness (QED) is 0.615. The Bertz CT molecular complexity index is 816. The maximum absolute atomic E-state index is 13.4. The number of imidazole rings is 1. The molecule has 0 unspecified atom stereocenters. The van der Waals surface area contributed by atoms with E-state index in [-0.39, 0.29) is 5.82 Å². The van der Waals surface area contributed by atoms with Gasteiger partial charge in [-0.05, 0) is 34.5 Å². The highest BCUT2D eigenvalue weighted by molar-refractivity contribution is 9.10. The first kappa shape index (κ1) is 14.5. The lowest BCUT2D eigenvalue weighted by atomic mass is 10.1. The number of halogens is 3. The highest BCUT2D eigenvalue weighted by Crippen LogP contribution is 2.29. The standard InChI is InChI=1S/C15H12BrClFN3/c1-2-3-12-14(9-6-11(17)15(16)19-8-9)20-13-7-10(18)4-5-21(12)13/h4-8H,2-3H2,1H3. The molecular weight excluding hydrogens is 357 g/mol. The van der Waals surface area contributed by atoms with Gasteiger partial charge in [0.15, 0.2) is 0 Å². The average molecular weight is 369 g/mol. The van der Waals surface area contributed by atoms with E-state index in [9.17, 15) is 4.39 Å². The summed E-state index contributed by atoms with van der Waals surface area (Å²) in [6.45, 7) is 2.10. The molecule has 6 heteroatoms. The molecule has 3 nitrogen and oxygen atoms in total. The van der Waals surface area contributed by atoms with Gasteiger partial charge in [-0.2, -0.15) is 0 Å². The van der Waals surface area contributed by atoms with Crippen LogP contribution in [0, 0.1) is 5.82 Å². The molecule has 3 rings (SSSR count). The van der Waals surface area contributed by atoms with E-state index < -0.39 is 0 Å². The van der Waals surface area contributed by atoms with Crippen LogP contribution in [0.1, 0.15) is 19.0 Å². The van der Waals surface area contributed by atoms with E-state index in [1.807, 2.05) is 10.5 Å². The van der Waals surface area contributed by atoms with E-state index in [1.54, 1.807) is 12.4 Å². The summed E-state index contributed by atoms with van der Waals surface area (Å²) >= 11 is 9.39. The summed E-state index contributed by atoms with van der Waals surface area (Å²) in [5.74, 6) is -0.297. The van der Waals surface area contributed by atoms with Crippen LogP contribution in [0.4, 0.5) is 4.39 Å². The fourth-order valence-corrected chi connectivity index (χ4v) is 2.71. The Balaban J connectivity index is 2.24. The molecule has 3 aromatic heterocycles. The van der Waals surface area contributed by atoms with Gasteiger partial charge in [-0.25, -0.2) is 14.4 Å². The smallest absolute Gasteiger partial charge is 0.140 e. The average Bonchev–Trinajstić information content (AvgIpc) is 2.80. The van der Waals surface area contributed by atoms with Gasteiger partial charge >= 0.3 is 0 Å². The van der Waals surface area contributed by atoms with Crippen molar-refractivity contribution in [3.63, 3.8) is 0 Å². The molecule has 0 atom stereocenters. The summed E-state index contributed by atoms with van der Waals surface area (Å²) in [5, 5.41) is 0.526. The lowest BCUT2D eigenvalue weighted by Crippen LogP contribution is -1.95. The van der Waals surface area contributed by atoms with Crippen LogP contribution in [0.25, 0.3) is 16.9 Å². The molecule has 0 aliphatic heterocycles. The maximum atomic E-state index is 13.4. The fourth-order valence-electron chi connectivity index (χ4n) is 2.33. The maximum Gasteiger partial charge on any atom is 0.140 e. The van der Waals surface area contributed by atoms with Gasteiger partial charge < -0.3 is 4.40 Å². The van der Waals surface area contributed by atoms with Crippen molar-refractivity contribution in [3.8, 4) is 11.3 Å². The van der Waals surface area contributed by atoms with Crippen LogP contribution in [-0.2, 0) is 6.42 Å². The molecule has 0 amide bonds. The van der Waals surface area contributed by atoms with Crippen LogP contribution >= 0.6 is 27.5 Å². The summed E-state index contributed by atoms with van der Waals surface area (Å²) in [7, 11) is 0. The minimum absolute atomic E-state index is 0.297. The topological polar surface area (TPSA) is 30.2 Å². The Hall–Kier alpha value is -1.46. The van der Waals surface area contributed by atoms with Crippen molar-refractivity contribution < 1.29 is 4.39 Å². The zero-order chi connectivity index (χ0) is 15.0. The van der Waals surface area contributed by atoms with Gasteiger partial charge in [-0.1, -0.05) is 24.9 Å². The molecule has 0 fully saturated rings. The molecule has 0 saturated heterocycles. The molecule has 108 valence electrons. The molecule has 0 saturated carbocycles. The van der Waals surface area contributed by atoms with Crippen molar-refractivity contribution in [1.82, 2.24) is 14.4 Å². The number of fused-ring (bicyclic) bond motifs is 1. The van der Waals surface area contributed by atoms with E-state index in [0.29, 0.717) is 15.3 Å². The Labute approximate surface area is 134 Å². The highest BCUT2D eigenvalue weighted by Gasteiger charge is 2.15. The normalized spacial score (nSPS) is 11.2. The molecule has 0 aliphatic rings. The van der Waals surface area contributed by atoms with Crippen LogP contribution in [0.15, 0.2) is 35.2 Å². The van der Waals surface area contributed by atoms with E-state index in [2.05, 4.69) is 32.8 Å². The Morgan fingerprint density at radius 2 is 2.19 bits per heavy atom. The Morgan fingerprint density at radius 3 is 2.90 bits per heavy atom. The molecule has 3 aromatic rings. The second kappa shape index (κ2) is 5.73. The first-order valence-electron chi connectivity index (χ1n) is 6.58. The van der Waals surface area contributed by atoms with E-state index in [1.165, 1.54) is 12.1 Å². The molecule has 0 spiro atoms. The van der Waals surface area contributed by atoms with Crippen LogP contribution in [-0.4, -0.2) is 14.4 Å². The van der Waals surface area contributed by atoms with Crippen molar-refractivity contribution in [2.45, 2.75) is 19.8 Å². The van der Waals surface area contributed by atoms with Gasteiger partial charge in [0, 0.05) is 24.0 Å². The molecule has 0 aromatic carbocycles. The van der Waals surface area contributed by atoms with Crippen LogP contribution in [0.5, 0.6) is 0 Å². The van der Waals surface area contributed by atoms with Crippen molar-refractivity contribution in [3.05, 3.63) is 51.7 Å². The SMILES string of the molecule is CCCc1c(-c2cnc(Br)c(Cl)c2)nc2cc(F)ccn12. The van der Waals surface area contributed by atoms with E-state index >= 15 is 0 Å². The van der Waals surface area contributed by atoms with Gasteiger partial charge in [-0.15, -0.1) is 0 Å². The second-order valence-electron chi connectivity index (χ2n) is 4.73. The third-order valence-electron chi connectivity index (χ3n) is 3.24. The predicted octanol–water partition coefficient (Wildman–Crippen LogP) is 4.90. The van der Waals surface area contributed by atoms with Gasteiger partial charge in [0.2, 0.25) is 0 Å². The first-order chi connectivity index (χ1) is 10.1. The molecule has 21 heavy (non-hydrogen) atoms. The van der Waals surface area contributed by atoms with E-state index in [4.69, 9.17) is 11.6 Å². The second-order valence-corrected chi connectivity index (χ2v) is 5.89. The molecule has 3 heterocycles. The number of nitrogens with zero attached hydrogens (tertiary/aromatic N) is 3. The number of hydrogen-bond donors (Lipinski definition) is 0. The zero-order valence-corrected chi connectivity index (χ0v) is 13.6. The van der Waals surface area contributed by atoms with Crippen LogP contribution in [0.2, 0.25) is 5.02 Å². The predicted molar refractivity (Wildman–Crippen MR) is 85.1 cm³/mol. The van der Waals surface area contributed by atoms with Crippen molar-refractivity contribution >= 4 is 33.2 Å². The molecule has 0 aliphatic carbocycles. The summed E-state index contributed by atoms with van der Waals surface area (Å²) in [4.78, 5) is 8.75. The minimum Gasteiger partial charge on any atom is -0.303 e. The highest BCUT2D eigenvalue weighted by atomic mass is 79.9. The van der Waals surface area contributed by atoms with Crippen LogP contribution in [0.3, 0.4) is 0 Å². The van der Waals surface area contributed by atoms with E-state index in [0.717, 1.165) is 29.8 Å². The number of aromatic nitrogens is 3. The third-order valence-corrected chi connectivity index (χ3v) is 4.39. The Kier molecular flexibility index (Phi) is 3.95. The molecule has 0 N–H and O–H groups in total. The number of pyridine rings is 2. The number of rotatable bonds is 3. The van der Waals surface area contributed by atoms with Crippen molar-refractivity contribution in [1.29, 1.82) is 0 Å². The Morgan fingerprint density at radius 1 is 1.38 bits per heavy atom. The lowest BCUT2D eigenvalue weighted by Gasteiger charge is -2.04. The number of aryl methyl sites for hydroxylation is 1. The van der Waals surface area contributed by atoms with Crippen molar-refractivity contribution in [2.75, 3.05) is 0 Å². The molecular formula is C15H12BrClFN3. The van der Waals surface area contributed by atoms with Crippen LogP contribution < -0.4 is 0 Å². The first-order valence-corrected chi connectivity index (χ1v) is 7.75. The zero-order valence-electron chi connectivity index (χ0n) is 11.3. The van der Waals surface area contributed by atoms with Crippen molar-refractivity contribution in [2.24, 2.45) is 0 Å². The van der Waals surface area contributed by atoms with Gasteiger partial charge in [0.1, 0.15) is 16.1 Å². The van der Waals surface area contributed by atoms with Gasteiger partial charge in [0.25, 0.3) is 0 Å². The summed E-state index contributed by atoms with van der Waals surface area (Å²) in [5.41, 5.74) is 3.25. The number of hydrogen-bond acceptors (Lipinski definition) is 2.